The van der Waals surface area contributed by atoms with Crippen LogP contribution in [0.4, 0.5) is 10.1 Å². The maximum atomic E-state index is 13.1. The number of nitrogens with two attached hydrogens (primary N) is 1. The maximum absolute atomic E-state index is 13.1. The van der Waals surface area contributed by atoms with Crippen molar-refractivity contribution in [3.05, 3.63) is 24.0 Å². The average Bonchev–Trinajstić information content (AvgIpc) is 2.46. The number of hydrogen-bond donors (Lipinski definition) is 2. The van der Waals surface area contributed by atoms with Crippen LogP contribution in [0.1, 0.15) is 0 Å². The molecular formula is C12H16FN3O4S. The van der Waals surface area contributed by atoms with Crippen molar-refractivity contribution in [1.29, 1.82) is 0 Å². The highest BCUT2D eigenvalue weighted by atomic mass is 32.2. The first-order chi connectivity index (χ1) is 9.87. The second-order valence-corrected chi connectivity index (χ2v) is 6.36. The van der Waals surface area contributed by atoms with Gasteiger partial charge >= 0.3 is 0 Å². The summed E-state index contributed by atoms with van der Waals surface area (Å²) in [4.78, 5) is 11.6. The van der Waals surface area contributed by atoms with Crippen molar-refractivity contribution < 1.29 is 22.3 Å². The molecule has 0 radical (unpaired) electrons. The molecule has 0 saturated carbocycles. The lowest BCUT2D eigenvalue weighted by Crippen LogP contribution is -2.55. The van der Waals surface area contributed by atoms with E-state index in [1.807, 2.05) is 0 Å². The molecule has 1 amide bonds. The number of morpholine rings is 1. The average molecular weight is 317 g/mol. The Bertz CT molecular complexity index is 650. The van der Waals surface area contributed by atoms with E-state index in [0.29, 0.717) is 0 Å². The number of amides is 1. The molecule has 7 nitrogen and oxygen atoms in total. The Morgan fingerprint density at radius 1 is 1.52 bits per heavy atom. The molecule has 1 aromatic rings. The van der Waals surface area contributed by atoms with E-state index in [9.17, 15) is 17.6 Å². The molecule has 1 aliphatic heterocycles. The molecule has 21 heavy (non-hydrogen) atoms. The van der Waals surface area contributed by atoms with Crippen LogP contribution in [0.15, 0.2) is 23.1 Å². The number of halogens is 1. The van der Waals surface area contributed by atoms with Crippen molar-refractivity contribution in [1.82, 2.24) is 9.62 Å². The van der Waals surface area contributed by atoms with Gasteiger partial charge in [-0.1, -0.05) is 0 Å². The fraction of sp³-hybridized carbons (Fsp3) is 0.417. The van der Waals surface area contributed by atoms with E-state index in [2.05, 4.69) is 5.32 Å². The van der Waals surface area contributed by atoms with Crippen LogP contribution in [-0.2, 0) is 19.6 Å². The SMILES string of the molecule is CNC(=O)C1COCCN1S(=O)(=O)c1ccc(F)cc1N. The first-order valence-corrected chi connectivity index (χ1v) is 7.68. The third-order valence-electron chi connectivity index (χ3n) is 3.19. The Morgan fingerprint density at radius 2 is 2.24 bits per heavy atom. The zero-order valence-electron chi connectivity index (χ0n) is 11.4. The molecular weight excluding hydrogens is 301 g/mol. The minimum atomic E-state index is -4.01. The van der Waals surface area contributed by atoms with Crippen molar-refractivity contribution in [2.45, 2.75) is 10.9 Å². The molecule has 1 fully saturated rings. The van der Waals surface area contributed by atoms with Gasteiger partial charge in [-0.05, 0) is 18.2 Å². The molecule has 0 aliphatic carbocycles. The van der Waals surface area contributed by atoms with Crippen LogP contribution in [0, 0.1) is 5.82 Å². The molecule has 116 valence electrons. The van der Waals surface area contributed by atoms with Gasteiger partial charge in [0.25, 0.3) is 0 Å². The normalized spacial score (nSPS) is 20.2. The standard InChI is InChI=1S/C12H16FN3O4S/c1-15-12(17)10-7-20-5-4-16(10)21(18,19)11-3-2-8(13)6-9(11)14/h2-3,6,10H,4-5,7,14H2,1H3,(H,15,17). The van der Waals surface area contributed by atoms with Crippen molar-refractivity contribution in [3.8, 4) is 0 Å². The number of nitrogens with one attached hydrogen (secondary N) is 1. The van der Waals surface area contributed by atoms with Crippen LogP contribution in [0.3, 0.4) is 0 Å². The largest absolute Gasteiger partial charge is 0.398 e. The summed E-state index contributed by atoms with van der Waals surface area (Å²) in [5, 5.41) is 2.40. The second-order valence-electron chi connectivity index (χ2n) is 4.50. The van der Waals surface area contributed by atoms with Crippen molar-refractivity contribution in [2.24, 2.45) is 0 Å². The predicted octanol–water partition coefficient (Wildman–Crippen LogP) is -0.457. The highest BCUT2D eigenvalue weighted by molar-refractivity contribution is 7.89. The summed E-state index contributed by atoms with van der Waals surface area (Å²) in [6, 6.07) is 2.06. The number of carbonyl (C=O) groups is 1. The summed E-state index contributed by atoms with van der Waals surface area (Å²) in [7, 11) is -2.60. The van der Waals surface area contributed by atoms with E-state index in [1.165, 1.54) is 7.05 Å². The molecule has 1 heterocycles. The molecule has 1 saturated heterocycles. The van der Waals surface area contributed by atoms with Gasteiger partial charge in [0.15, 0.2) is 0 Å². The van der Waals surface area contributed by atoms with Crippen LogP contribution in [0.2, 0.25) is 0 Å². The van der Waals surface area contributed by atoms with E-state index in [0.717, 1.165) is 22.5 Å². The van der Waals surface area contributed by atoms with Crippen LogP contribution in [0.5, 0.6) is 0 Å². The molecule has 9 heteroatoms. The minimum Gasteiger partial charge on any atom is -0.398 e. The van der Waals surface area contributed by atoms with Crippen LogP contribution >= 0.6 is 0 Å². The van der Waals surface area contributed by atoms with E-state index in [4.69, 9.17) is 10.5 Å². The van der Waals surface area contributed by atoms with Gasteiger partial charge < -0.3 is 15.8 Å². The van der Waals surface area contributed by atoms with E-state index < -0.39 is 27.8 Å². The third kappa shape index (κ3) is 2.99. The summed E-state index contributed by atoms with van der Waals surface area (Å²) < 4.78 is 44.5. The quantitative estimate of drug-likeness (QED) is 0.735. The highest BCUT2D eigenvalue weighted by Gasteiger charge is 2.38. The zero-order chi connectivity index (χ0) is 15.6. The summed E-state index contributed by atoms with van der Waals surface area (Å²) in [5.41, 5.74) is 5.39. The van der Waals surface area contributed by atoms with Crippen molar-refractivity contribution in [2.75, 3.05) is 32.5 Å². The summed E-state index contributed by atoms with van der Waals surface area (Å²) in [6.45, 7) is 0.158. The van der Waals surface area contributed by atoms with Crippen LogP contribution < -0.4 is 11.1 Å². The highest BCUT2D eigenvalue weighted by Crippen LogP contribution is 2.26. The fourth-order valence-electron chi connectivity index (χ4n) is 2.13. The third-order valence-corrected chi connectivity index (χ3v) is 5.17. The summed E-state index contributed by atoms with van der Waals surface area (Å²) >= 11 is 0. The number of rotatable bonds is 3. The number of benzene rings is 1. The lowest BCUT2D eigenvalue weighted by molar-refractivity contribution is -0.128. The number of sulfonamides is 1. The van der Waals surface area contributed by atoms with E-state index in [-0.39, 0.29) is 30.3 Å². The summed E-state index contributed by atoms with van der Waals surface area (Å²) in [6.07, 6.45) is 0. The predicted molar refractivity (Wildman–Crippen MR) is 73.4 cm³/mol. The Hall–Kier alpha value is -1.71. The Kier molecular flexibility index (Phi) is 4.45. The first kappa shape index (κ1) is 15.7. The van der Waals surface area contributed by atoms with E-state index in [1.54, 1.807) is 0 Å². The van der Waals surface area contributed by atoms with Crippen LogP contribution in [-0.4, -0.2) is 51.5 Å². The second kappa shape index (κ2) is 5.96. The zero-order valence-corrected chi connectivity index (χ0v) is 12.2. The maximum Gasteiger partial charge on any atom is 0.246 e. The van der Waals surface area contributed by atoms with E-state index >= 15 is 0 Å². The number of carbonyl (C=O) groups excluding carboxylic acids is 1. The topological polar surface area (TPSA) is 102 Å². The van der Waals surface area contributed by atoms with Gasteiger partial charge in [-0.3, -0.25) is 4.79 Å². The Balaban J connectivity index is 2.43. The van der Waals surface area contributed by atoms with Gasteiger partial charge in [0.1, 0.15) is 16.8 Å². The van der Waals surface area contributed by atoms with Gasteiger partial charge in [-0.15, -0.1) is 0 Å². The fourth-order valence-corrected chi connectivity index (χ4v) is 3.79. The lowest BCUT2D eigenvalue weighted by Gasteiger charge is -2.33. The van der Waals surface area contributed by atoms with Gasteiger partial charge in [0, 0.05) is 13.6 Å². The van der Waals surface area contributed by atoms with Gasteiger partial charge in [-0.2, -0.15) is 4.31 Å². The smallest absolute Gasteiger partial charge is 0.246 e. The molecule has 1 unspecified atom stereocenters. The number of nitrogen functional groups attached to an aromatic ring is 1. The molecule has 1 aliphatic rings. The number of ether oxygens (including phenoxy) is 1. The molecule has 0 bridgehead atoms. The lowest BCUT2D eigenvalue weighted by atomic mass is 10.2. The molecule has 0 spiro atoms. The number of hydrogen-bond acceptors (Lipinski definition) is 5. The monoisotopic (exact) mass is 317 g/mol. The molecule has 1 aromatic carbocycles. The molecule has 0 aromatic heterocycles. The number of likely N-dealkylation sites (N-methyl/N-ethyl adjacent to an activating group) is 1. The molecule has 2 rings (SSSR count). The minimum absolute atomic E-state index is 0.0250. The summed E-state index contributed by atoms with van der Waals surface area (Å²) in [5.74, 6) is -1.10. The number of anilines is 1. The number of nitrogens with zero attached hydrogens (tertiary/aromatic N) is 1. The Morgan fingerprint density at radius 3 is 2.86 bits per heavy atom. The molecule has 3 N–H and O–H groups in total. The van der Waals surface area contributed by atoms with Gasteiger partial charge in [0.2, 0.25) is 15.9 Å². The van der Waals surface area contributed by atoms with Gasteiger partial charge in [-0.25, -0.2) is 12.8 Å². The molecule has 1 atom stereocenters. The van der Waals surface area contributed by atoms with Crippen molar-refractivity contribution >= 4 is 21.6 Å². The first-order valence-electron chi connectivity index (χ1n) is 6.24. The Labute approximate surface area is 121 Å². The van der Waals surface area contributed by atoms with Gasteiger partial charge in [0.05, 0.1) is 18.9 Å². The van der Waals surface area contributed by atoms with Crippen LogP contribution in [0.25, 0.3) is 0 Å². The van der Waals surface area contributed by atoms with Crippen molar-refractivity contribution in [3.63, 3.8) is 0 Å².